The Labute approximate surface area is 129 Å². The Balaban J connectivity index is 1.90. The second kappa shape index (κ2) is 5.69. The van der Waals surface area contributed by atoms with Crippen molar-refractivity contribution < 1.29 is 9.13 Å². The summed E-state index contributed by atoms with van der Waals surface area (Å²) in [5, 5.41) is 0.888. The van der Waals surface area contributed by atoms with Gasteiger partial charge in [0.15, 0.2) is 0 Å². The molecular formula is C16H12BrFN2O. The van der Waals surface area contributed by atoms with Crippen LogP contribution in [0.2, 0.25) is 0 Å². The normalized spacial score (nSPS) is 10.8. The van der Waals surface area contributed by atoms with Crippen molar-refractivity contribution in [2.75, 3.05) is 5.73 Å². The average molecular weight is 347 g/mol. The lowest BCUT2D eigenvalue weighted by atomic mass is 10.1. The fourth-order valence-electron chi connectivity index (χ4n) is 2.14. The molecule has 0 saturated carbocycles. The first-order valence-corrected chi connectivity index (χ1v) is 7.14. The first-order chi connectivity index (χ1) is 10.1. The molecule has 1 aromatic heterocycles. The lowest BCUT2D eigenvalue weighted by molar-refractivity contribution is 0.305. The van der Waals surface area contributed by atoms with Gasteiger partial charge in [0.05, 0.1) is 5.52 Å². The number of halogens is 2. The van der Waals surface area contributed by atoms with E-state index in [4.69, 9.17) is 10.5 Å². The molecule has 21 heavy (non-hydrogen) atoms. The summed E-state index contributed by atoms with van der Waals surface area (Å²) in [5.41, 5.74) is 8.31. The number of hydrogen-bond donors (Lipinski definition) is 1. The number of nitrogens with zero attached hydrogens (tertiary/aromatic N) is 1. The first-order valence-electron chi connectivity index (χ1n) is 6.34. The predicted molar refractivity (Wildman–Crippen MR) is 84.6 cm³/mol. The molecule has 2 N–H and O–H groups in total. The van der Waals surface area contributed by atoms with Crippen LogP contribution in [0.15, 0.2) is 53.1 Å². The lowest BCUT2D eigenvalue weighted by Gasteiger charge is -2.10. The van der Waals surface area contributed by atoms with E-state index in [2.05, 4.69) is 20.9 Å². The Morgan fingerprint density at radius 2 is 2.05 bits per heavy atom. The number of aromatic nitrogens is 1. The number of fused-ring (bicyclic) bond motifs is 1. The van der Waals surface area contributed by atoms with Crippen molar-refractivity contribution >= 4 is 32.5 Å². The first kappa shape index (κ1) is 13.8. The van der Waals surface area contributed by atoms with Gasteiger partial charge in [-0.3, -0.25) is 4.98 Å². The zero-order valence-electron chi connectivity index (χ0n) is 11.0. The third kappa shape index (κ3) is 2.97. The van der Waals surface area contributed by atoms with Gasteiger partial charge in [0.25, 0.3) is 0 Å². The minimum Gasteiger partial charge on any atom is -0.489 e. The molecule has 3 rings (SSSR count). The Morgan fingerprint density at radius 1 is 1.19 bits per heavy atom. The highest BCUT2D eigenvalue weighted by Gasteiger charge is 2.07. The largest absolute Gasteiger partial charge is 0.489 e. The Bertz CT molecular complexity index is 787. The molecule has 2 aromatic carbocycles. The van der Waals surface area contributed by atoms with E-state index in [9.17, 15) is 4.39 Å². The SMILES string of the molecule is Nc1ccc(COc2cc(F)cc(Br)c2)c2ncccc12. The van der Waals surface area contributed by atoms with Crippen LogP contribution in [-0.4, -0.2) is 4.98 Å². The maximum absolute atomic E-state index is 13.3. The third-order valence-corrected chi connectivity index (χ3v) is 3.58. The van der Waals surface area contributed by atoms with Crippen LogP contribution in [0, 0.1) is 5.82 Å². The molecule has 3 aromatic rings. The molecule has 0 bridgehead atoms. The van der Waals surface area contributed by atoms with Gasteiger partial charge >= 0.3 is 0 Å². The zero-order valence-corrected chi connectivity index (χ0v) is 12.6. The summed E-state index contributed by atoms with van der Waals surface area (Å²) in [4.78, 5) is 4.35. The molecule has 0 fully saturated rings. The number of anilines is 1. The van der Waals surface area contributed by atoms with Gasteiger partial charge in [-0.2, -0.15) is 0 Å². The summed E-state index contributed by atoms with van der Waals surface area (Å²) < 4.78 is 19.6. The van der Waals surface area contributed by atoms with Crippen LogP contribution in [0.5, 0.6) is 5.75 Å². The summed E-state index contributed by atoms with van der Waals surface area (Å²) in [6, 6.07) is 11.9. The third-order valence-electron chi connectivity index (χ3n) is 3.12. The van der Waals surface area contributed by atoms with Crippen molar-refractivity contribution in [3.63, 3.8) is 0 Å². The summed E-state index contributed by atoms with van der Waals surface area (Å²) in [5.74, 6) is 0.113. The molecule has 1 heterocycles. The molecule has 0 amide bonds. The molecule has 0 aliphatic heterocycles. The van der Waals surface area contributed by atoms with Gasteiger partial charge in [-0.05, 0) is 30.3 Å². The van der Waals surface area contributed by atoms with E-state index in [-0.39, 0.29) is 5.82 Å². The quantitative estimate of drug-likeness (QED) is 0.719. The number of benzene rings is 2. The molecule has 3 nitrogen and oxygen atoms in total. The second-order valence-electron chi connectivity index (χ2n) is 4.61. The molecule has 0 aliphatic carbocycles. The number of pyridine rings is 1. The molecular weight excluding hydrogens is 335 g/mol. The van der Waals surface area contributed by atoms with Crippen molar-refractivity contribution in [3.8, 4) is 5.75 Å². The highest BCUT2D eigenvalue weighted by Crippen LogP contribution is 2.25. The van der Waals surface area contributed by atoms with Crippen LogP contribution in [-0.2, 0) is 6.61 Å². The van der Waals surface area contributed by atoms with Gasteiger partial charge in [-0.25, -0.2) is 4.39 Å². The molecule has 0 spiro atoms. The van der Waals surface area contributed by atoms with Crippen molar-refractivity contribution in [2.24, 2.45) is 0 Å². The van der Waals surface area contributed by atoms with E-state index >= 15 is 0 Å². The molecule has 0 unspecified atom stereocenters. The van der Waals surface area contributed by atoms with Crippen molar-refractivity contribution in [2.45, 2.75) is 6.61 Å². The Kier molecular flexibility index (Phi) is 3.75. The van der Waals surface area contributed by atoms with Crippen molar-refractivity contribution in [3.05, 3.63) is 64.5 Å². The van der Waals surface area contributed by atoms with E-state index in [0.29, 0.717) is 22.5 Å². The number of hydrogen-bond acceptors (Lipinski definition) is 3. The van der Waals surface area contributed by atoms with E-state index in [0.717, 1.165) is 16.5 Å². The molecule has 0 atom stereocenters. The highest BCUT2D eigenvalue weighted by molar-refractivity contribution is 9.10. The fourth-order valence-corrected chi connectivity index (χ4v) is 2.59. The highest BCUT2D eigenvalue weighted by atomic mass is 79.9. The van der Waals surface area contributed by atoms with Crippen LogP contribution >= 0.6 is 15.9 Å². The number of nitrogens with two attached hydrogens (primary N) is 1. The van der Waals surface area contributed by atoms with Crippen LogP contribution in [0.1, 0.15) is 5.56 Å². The van der Waals surface area contributed by atoms with E-state index in [1.54, 1.807) is 12.3 Å². The number of rotatable bonds is 3. The molecule has 0 aliphatic rings. The summed E-state index contributed by atoms with van der Waals surface area (Å²) >= 11 is 3.24. The zero-order chi connectivity index (χ0) is 14.8. The molecule has 106 valence electrons. The van der Waals surface area contributed by atoms with Gasteiger partial charge in [0.1, 0.15) is 18.2 Å². The van der Waals surface area contributed by atoms with Gasteiger partial charge < -0.3 is 10.5 Å². The van der Waals surface area contributed by atoms with Crippen molar-refractivity contribution in [1.82, 2.24) is 4.98 Å². The monoisotopic (exact) mass is 346 g/mol. The summed E-state index contributed by atoms with van der Waals surface area (Å²) in [6.45, 7) is 0.295. The summed E-state index contributed by atoms with van der Waals surface area (Å²) in [7, 11) is 0. The average Bonchev–Trinajstić information content (AvgIpc) is 2.46. The predicted octanol–water partition coefficient (Wildman–Crippen LogP) is 4.30. The van der Waals surface area contributed by atoms with Gasteiger partial charge in [0, 0.05) is 33.4 Å². The fraction of sp³-hybridized carbons (Fsp3) is 0.0625. The van der Waals surface area contributed by atoms with Crippen molar-refractivity contribution in [1.29, 1.82) is 0 Å². The number of nitrogen functional groups attached to an aromatic ring is 1. The Morgan fingerprint density at radius 3 is 2.86 bits per heavy atom. The smallest absolute Gasteiger partial charge is 0.128 e. The van der Waals surface area contributed by atoms with Crippen LogP contribution in [0.25, 0.3) is 10.9 Å². The summed E-state index contributed by atoms with van der Waals surface area (Å²) in [6.07, 6.45) is 1.71. The lowest BCUT2D eigenvalue weighted by Crippen LogP contribution is -1.99. The molecule has 0 saturated heterocycles. The Hall–Kier alpha value is -2.14. The maximum atomic E-state index is 13.3. The number of ether oxygens (including phenoxy) is 1. The second-order valence-corrected chi connectivity index (χ2v) is 5.52. The van der Waals surface area contributed by atoms with Crippen LogP contribution < -0.4 is 10.5 Å². The van der Waals surface area contributed by atoms with Crippen LogP contribution in [0.4, 0.5) is 10.1 Å². The van der Waals surface area contributed by atoms with E-state index in [1.807, 2.05) is 24.3 Å². The topological polar surface area (TPSA) is 48.1 Å². The van der Waals surface area contributed by atoms with Gasteiger partial charge in [0.2, 0.25) is 0 Å². The minimum atomic E-state index is -0.348. The van der Waals surface area contributed by atoms with Gasteiger partial charge in [-0.1, -0.05) is 22.0 Å². The molecule has 0 radical (unpaired) electrons. The standard InChI is InChI=1S/C16H12BrFN2O/c17-11-6-12(18)8-13(7-11)21-9-10-3-4-15(19)14-2-1-5-20-16(10)14/h1-8H,9,19H2. The molecule has 5 heteroatoms. The van der Waals surface area contributed by atoms with Crippen LogP contribution in [0.3, 0.4) is 0 Å². The van der Waals surface area contributed by atoms with Gasteiger partial charge in [-0.15, -0.1) is 0 Å². The van der Waals surface area contributed by atoms with E-state index in [1.165, 1.54) is 12.1 Å². The maximum Gasteiger partial charge on any atom is 0.128 e. The van der Waals surface area contributed by atoms with E-state index < -0.39 is 0 Å². The minimum absolute atomic E-state index is 0.295.